The molecule has 2 aromatic rings. The minimum atomic E-state index is -3.32. The molecule has 1 N–H and O–H groups in total. The Bertz CT molecular complexity index is 928. The monoisotopic (exact) mass is 422 g/mol. The quantitative estimate of drug-likeness (QED) is 0.628. The molecule has 29 heavy (non-hydrogen) atoms. The van der Waals surface area contributed by atoms with Gasteiger partial charge in [-0.05, 0) is 48.4 Å². The zero-order chi connectivity index (χ0) is 21.4. The number of carbonyl (C=O) groups is 1. The summed E-state index contributed by atoms with van der Waals surface area (Å²) in [6, 6.07) is 12.1. The van der Waals surface area contributed by atoms with E-state index in [4.69, 9.17) is 14.2 Å². The van der Waals surface area contributed by atoms with Crippen molar-refractivity contribution in [2.45, 2.75) is 6.42 Å². The number of hydrogen-bond acceptors (Lipinski definition) is 6. The number of ether oxygens (including phenoxy) is 3. The first-order valence-corrected chi connectivity index (χ1v) is 10.7. The number of carbonyl (C=O) groups excluding carboxylic acids is 1. The van der Waals surface area contributed by atoms with E-state index in [2.05, 4.69) is 5.32 Å². The van der Waals surface area contributed by atoms with Crippen LogP contribution < -0.4 is 23.8 Å². The number of nitrogens with one attached hydrogen (secondary N) is 1. The molecular formula is C20H26N2O6S. The summed E-state index contributed by atoms with van der Waals surface area (Å²) in [7, 11) is 1.30. The van der Waals surface area contributed by atoms with Crippen LogP contribution in [0.4, 0.5) is 5.69 Å². The van der Waals surface area contributed by atoms with Crippen LogP contribution in [0.5, 0.6) is 17.2 Å². The third-order valence-electron chi connectivity index (χ3n) is 4.25. The lowest BCUT2D eigenvalue weighted by atomic mass is 10.1. The summed E-state index contributed by atoms with van der Waals surface area (Å²) in [5, 5.41) is 2.79. The molecule has 0 aromatic heterocycles. The molecule has 1 amide bonds. The van der Waals surface area contributed by atoms with Crippen LogP contribution >= 0.6 is 0 Å². The van der Waals surface area contributed by atoms with Crippen LogP contribution in [0.3, 0.4) is 0 Å². The van der Waals surface area contributed by atoms with Gasteiger partial charge in [0, 0.05) is 13.6 Å². The zero-order valence-corrected chi connectivity index (χ0v) is 17.8. The molecule has 2 aromatic carbocycles. The summed E-state index contributed by atoms with van der Waals surface area (Å²) in [6.07, 6.45) is 1.77. The van der Waals surface area contributed by atoms with Crippen molar-refractivity contribution in [1.82, 2.24) is 5.32 Å². The Morgan fingerprint density at radius 2 is 1.69 bits per heavy atom. The molecule has 8 nitrogen and oxygen atoms in total. The summed E-state index contributed by atoms with van der Waals surface area (Å²) >= 11 is 0. The van der Waals surface area contributed by atoms with Crippen LogP contribution in [0.15, 0.2) is 42.5 Å². The van der Waals surface area contributed by atoms with Crippen LogP contribution in [0, 0.1) is 0 Å². The first-order valence-electron chi connectivity index (χ1n) is 8.89. The predicted molar refractivity (Wildman–Crippen MR) is 111 cm³/mol. The minimum Gasteiger partial charge on any atom is -0.493 e. The van der Waals surface area contributed by atoms with Crippen LogP contribution in [-0.2, 0) is 21.2 Å². The van der Waals surface area contributed by atoms with Crippen LogP contribution in [0.25, 0.3) is 0 Å². The predicted octanol–water partition coefficient (Wildman–Crippen LogP) is 1.84. The molecule has 0 fully saturated rings. The van der Waals surface area contributed by atoms with Crippen molar-refractivity contribution in [3.05, 3.63) is 48.0 Å². The average Bonchev–Trinajstić information content (AvgIpc) is 2.71. The molecule has 0 heterocycles. The minimum absolute atomic E-state index is 0.132. The summed E-state index contributed by atoms with van der Waals surface area (Å²) < 4.78 is 40.1. The lowest BCUT2D eigenvalue weighted by Gasteiger charge is -2.16. The number of benzene rings is 2. The van der Waals surface area contributed by atoms with Crippen molar-refractivity contribution in [3.63, 3.8) is 0 Å². The van der Waals surface area contributed by atoms with Crippen molar-refractivity contribution in [1.29, 1.82) is 0 Å². The van der Waals surface area contributed by atoms with Crippen molar-refractivity contribution < 1.29 is 27.4 Å². The highest BCUT2D eigenvalue weighted by Crippen LogP contribution is 2.27. The molecule has 0 bridgehead atoms. The first-order chi connectivity index (χ1) is 13.7. The summed E-state index contributed by atoms with van der Waals surface area (Å²) in [6.45, 7) is 0.322. The molecular weight excluding hydrogens is 396 g/mol. The van der Waals surface area contributed by atoms with Gasteiger partial charge in [0.15, 0.2) is 18.1 Å². The van der Waals surface area contributed by atoms with Gasteiger partial charge in [0.05, 0.1) is 26.2 Å². The maximum Gasteiger partial charge on any atom is 0.257 e. The molecule has 0 saturated carbocycles. The Labute approximate surface area is 171 Å². The van der Waals surface area contributed by atoms with E-state index in [1.54, 1.807) is 38.5 Å². The van der Waals surface area contributed by atoms with Crippen molar-refractivity contribution in [2.24, 2.45) is 0 Å². The molecule has 0 aliphatic carbocycles. The second-order valence-corrected chi connectivity index (χ2v) is 8.32. The van der Waals surface area contributed by atoms with Gasteiger partial charge in [0.25, 0.3) is 5.91 Å². The van der Waals surface area contributed by atoms with E-state index in [0.717, 1.165) is 16.1 Å². The standard InChI is InChI=1S/C20H26N2O6S/c1-22(29(4,24)25)16-6-8-17(9-7-16)28-14-20(23)21-12-11-15-5-10-18(26-2)19(13-15)27-3/h5-10,13H,11-12,14H2,1-4H3,(H,21,23). The number of rotatable bonds is 10. The van der Waals surface area contributed by atoms with E-state index in [0.29, 0.717) is 35.9 Å². The van der Waals surface area contributed by atoms with Gasteiger partial charge >= 0.3 is 0 Å². The van der Waals surface area contributed by atoms with Gasteiger partial charge in [-0.2, -0.15) is 0 Å². The normalized spacial score (nSPS) is 10.9. The summed E-state index contributed by atoms with van der Waals surface area (Å²) in [4.78, 5) is 12.0. The van der Waals surface area contributed by atoms with Crippen molar-refractivity contribution in [3.8, 4) is 17.2 Å². The largest absolute Gasteiger partial charge is 0.493 e. The smallest absolute Gasteiger partial charge is 0.257 e. The second kappa shape index (κ2) is 10.0. The van der Waals surface area contributed by atoms with Gasteiger partial charge in [0.2, 0.25) is 10.0 Å². The molecule has 0 radical (unpaired) electrons. The third-order valence-corrected chi connectivity index (χ3v) is 5.46. The topological polar surface area (TPSA) is 94.2 Å². The Balaban J connectivity index is 1.79. The second-order valence-electron chi connectivity index (χ2n) is 6.30. The van der Waals surface area contributed by atoms with Crippen LogP contribution in [-0.4, -0.2) is 55.0 Å². The molecule has 9 heteroatoms. The maximum atomic E-state index is 12.0. The lowest BCUT2D eigenvalue weighted by molar-refractivity contribution is -0.123. The number of amides is 1. The average molecular weight is 423 g/mol. The van der Waals surface area contributed by atoms with E-state index in [9.17, 15) is 13.2 Å². The van der Waals surface area contributed by atoms with Gasteiger partial charge in [-0.25, -0.2) is 8.42 Å². The van der Waals surface area contributed by atoms with Gasteiger partial charge in [-0.1, -0.05) is 6.07 Å². The Kier molecular flexibility index (Phi) is 7.72. The number of nitrogens with zero attached hydrogens (tertiary/aromatic N) is 1. The van der Waals surface area contributed by atoms with E-state index in [1.807, 2.05) is 18.2 Å². The highest BCUT2D eigenvalue weighted by atomic mass is 32.2. The number of hydrogen-bond donors (Lipinski definition) is 1. The number of anilines is 1. The van der Waals surface area contributed by atoms with Crippen LogP contribution in [0.1, 0.15) is 5.56 Å². The fourth-order valence-electron chi connectivity index (χ4n) is 2.53. The maximum absolute atomic E-state index is 12.0. The third kappa shape index (κ3) is 6.56. The Hall–Kier alpha value is -2.94. The van der Waals surface area contributed by atoms with E-state index >= 15 is 0 Å². The highest BCUT2D eigenvalue weighted by Gasteiger charge is 2.12. The molecule has 0 spiro atoms. The lowest BCUT2D eigenvalue weighted by Crippen LogP contribution is -2.30. The SMILES string of the molecule is COc1ccc(CCNC(=O)COc2ccc(N(C)S(C)(=O)=O)cc2)cc1OC. The van der Waals surface area contributed by atoms with Gasteiger partial charge in [-0.3, -0.25) is 9.10 Å². The van der Waals surface area contributed by atoms with Gasteiger partial charge < -0.3 is 19.5 Å². The van der Waals surface area contributed by atoms with E-state index in [1.165, 1.54) is 7.05 Å². The fraction of sp³-hybridized carbons (Fsp3) is 0.350. The Morgan fingerprint density at radius 3 is 2.28 bits per heavy atom. The highest BCUT2D eigenvalue weighted by molar-refractivity contribution is 7.92. The van der Waals surface area contributed by atoms with Gasteiger partial charge in [-0.15, -0.1) is 0 Å². The number of methoxy groups -OCH3 is 2. The summed E-state index contributed by atoms with van der Waals surface area (Å²) in [5.74, 6) is 1.53. The van der Waals surface area contributed by atoms with Crippen LogP contribution in [0.2, 0.25) is 0 Å². The Morgan fingerprint density at radius 1 is 1.03 bits per heavy atom. The first kappa shape index (κ1) is 22.4. The molecule has 2 rings (SSSR count). The fourth-order valence-corrected chi connectivity index (χ4v) is 3.03. The molecule has 0 saturated heterocycles. The molecule has 158 valence electrons. The van der Waals surface area contributed by atoms with Crippen molar-refractivity contribution in [2.75, 3.05) is 45.0 Å². The molecule has 0 atom stereocenters. The van der Waals surface area contributed by atoms with E-state index < -0.39 is 10.0 Å². The van der Waals surface area contributed by atoms with Crippen molar-refractivity contribution >= 4 is 21.6 Å². The molecule has 0 aliphatic heterocycles. The molecule has 0 unspecified atom stereocenters. The zero-order valence-electron chi connectivity index (χ0n) is 17.0. The van der Waals surface area contributed by atoms with Gasteiger partial charge in [0.1, 0.15) is 5.75 Å². The summed E-state index contributed by atoms with van der Waals surface area (Å²) in [5.41, 5.74) is 1.52. The number of sulfonamides is 1. The molecule has 0 aliphatic rings. The van der Waals surface area contributed by atoms with E-state index in [-0.39, 0.29) is 12.5 Å².